The van der Waals surface area contributed by atoms with E-state index in [0.717, 1.165) is 17.0 Å². The van der Waals surface area contributed by atoms with Gasteiger partial charge < -0.3 is 4.74 Å². The largest absolute Gasteiger partial charge is 0.455 e. The average molecular weight is 313 g/mol. The number of alkyl halides is 1. The molecular weight excluding hydrogens is 302 g/mol. The Bertz CT molecular complexity index is 513. The Morgan fingerprint density at radius 3 is 2.76 bits per heavy atom. The maximum Gasteiger partial charge on any atom is 0.145 e. The van der Waals surface area contributed by atoms with E-state index in [4.69, 9.17) is 16.3 Å². The topological polar surface area (TPSA) is 22.1 Å². The predicted octanol–water partition coefficient (Wildman–Crippen LogP) is 4.73. The summed E-state index contributed by atoms with van der Waals surface area (Å²) in [6.07, 6.45) is 1.70. The zero-order chi connectivity index (χ0) is 12.3. The number of rotatable bonds is 3. The van der Waals surface area contributed by atoms with Crippen LogP contribution in [0.25, 0.3) is 0 Å². The molecule has 4 heteroatoms. The van der Waals surface area contributed by atoms with Crippen LogP contribution in [0.1, 0.15) is 11.3 Å². The molecule has 0 bridgehead atoms. The number of benzene rings is 1. The van der Waals surface area contributed by atoms with Crippen LogP contribution in [0.5, 0.6) is 11.5 Å². The van der Waals surface area contributed by atoms with E-state index in [9.17, 15) is 0 Å². The number of hydrogen-bond acceptors (Lipinski definition) is 2. The molecule has 17 heavy (non-hydrogen) atoms. The van der Waals surface area contributed by atoms with Crippen molar-refractivity contribution in [1.82, 2.24) is 4.98 Å². The number of pyridine rings is 1. The monoisotopic (exact) mass is 311 g/mol. The number of aryl methyl sites for hydroxylation is 1. The van der Waals surface area contributed by atoms with Gasteiger partial charge in [-0.1, -0.05) is 33.6 Å². The van der Waals surface area contributed by atoms with Gasteiger partial charge in [0.05, 0.1) is 6.20 Å². The molecule has 0 spiro atoms. The van der Waals surface area contributed by atoms with E-state index in [0.29, 0.717) is 16.1 Å². The van der Waals surface area contributed by atoms with E-state index in [2.05, 4.69) is 20.9 Å². The van der Waals surface area contributed by atoms with Gasteiger partial charge in [0.25, 0.3) is 0 Å². The Labute approximate surface area is 114 Å². The lowest BCUT2D eigenvalue weighted by Crippen LogP contribution is -1.91. The van der Waals surface area contributed by atoms with Crippen LogP contribution in [0, 0.1) is 6.92 Å². The van der Waals surface area contributed by atoms with Crippen molar-refractivity contribution in [2.45, 2.75) is 12.3 Å². The minimum Gasteiger partial charge on any atom is -0.455 e. The first-order chi connectivity index (χ1) is 8.20. The molecule has 0 saturated carbocycles. The first-order valence-corrected chi connectivity index (χ1v) is 6.64. The standard InChI is InChI=1S/C13H11BrClNO/c1-9-5-6-10(8-16-9)17-13-4-2-3-12(15)11(13)7-14/h2-6,8H,7H2,1H3. The van der Waals surface area contributed by atoms with Crippen LogP contribution >= 0.6 is 27.5 Å². The lowest BCUT2D eigenvalue weighted by atomic mass is 10.2. The first-order valence-electron chi connectivity index (χ1n) is 5.14. The van der Waals surface area contributed by atoms with Crippen LogP contribution in [-0.2, 0) is 5.33 Å². The van der Waals surface area contributed by atoms with Gasteiger partial charge in [-0.3, -0.25) is 4.98 Å². The van der Waals surface area contributed by atoms with Crippen LogP contribution < -0.4 is 4.74 Å². The van der Waals surface area contributed by atoms with E-state index in [1.807, 2.05) is 37.3 Å². The normalized spacial score (nSPS) is 10.3. The number of aromatic nitrogens is 1. The average Bonchev–Trinajstić information content (AvgIpc) is 2.32. The summed E-state index contributed by atoms with van der Waals surface area (Å²) >= 11 is 9.50. The van der Waals surface area contributed by atoms with Crippen molar-refractivity contribution >= 4 is 27.5 Å². The molecule has 1 aromatic heterocycles. The van der Waals surface area contributed by atoms with Gasteiger partial charge in [0.15, 0.2) is 0 Å². The van der Waals surface area contributed by atoms with Crippen LogP contribution in [0.15, 0.2) is 36.5 Å². The third kappa shape index (κ3) is 2.99. The summed E-state index contributed by atoms with van der Waals surface area (Å²) in [6, 6.07) is 9.40. The summed E-state index contributed by atoms with van der Waals surface area (Å²) in [5.41, 5.74) is 1.90. The van der Waals surface area contributed by atoms with Crippen LogP contribution in [0.4, 0.5) is 0 Å². The summed E-state index contributed by atoms with van der Waals surface area (Å²) in [7, 11) is 0. The molecule has 1 heterocycles. The van der Waals surface area contributed by atoms with E-state index >= 15 is 0 Å². The number of nitrogens with zero attached hydrogens (tertiary/aromatic N) is 1. The summed E-state index contributed by atoms with van der Waals surface area (Å²) in [5.74, 6) is 1.46. The molecule has 0 saturated heterocycles. The first kappa shape index (κ1) is 12.4. The molecule has 0 atom stereocenters. The molecule has 1 aromatic carbocycles. The van der Waals surface area contributed by atoms with E-state index < -0.39 is 0 Å². The highest BCUT2D eigenvalue weighted by atomic mass is 79.9. The van der Waals surface area contributed by atoms with Crippen molar-refractivity contribution in [1.29, 1.82) is 0 Å². The van der Waals surface area contributed by atoms with Gasteiger partial charge in [0, 0.05) is 21.6 Å². The second-order valence-corrected chi connectivity index (χ2v) is 4.56. The molecular formula is C13H11BrClNO. The van der Waals surface area contributed by atoms with Gasteiger partial charge in [-0.2, -0.15) is 0 Å². The molecule has 0 amide bonds. The molecule has 2 nitrogen and oxygen atoms in total. The summed E-state index contributed by atoms with van der Waals surface area (Å²) < 4.78 is 5.76. The quantitative estimate of drug-likeness (QED) is 0.764. The summed E-state index contributed by atoms with van der Waals surface area (Å²) in [6.45, 7) is 1.94. The smallest absolute Gasteiger partial charge is 0.145 e. The number of hydrogen-bond donors (Lipinski definition) is 0. The van der Waals surface area contributed by atoms with Crippen molar-refractivity contribution in [2.24, 2.45) is 0 Å². The molecule has 0 N–H and O–H groups in total. The molecule has 0 aliphatic rings. The second kappa shape index (κ2) is 5.52. The predicted molar refractivity (Wildman–Crippen MR) is 73.1 cm³/mol. The number of halogens is 2. The fourth-order valence-electron chi connectivity index (χ4n) is 1.41. The molecule has 2 rings (SSSR count). The van der Waals surface area contributed by atoms with Crippen molar-refractivity contribution < 1.29 is 4.74 Å². The van der Waals surface area contributed by atoms with Crippen LogP contribution in [0.2, 0.25) is 5.02 Å². The fourth-order valence-corrected chi connectivity index (χ4v) is 2.38. The Morgan fingerprint density at radius 2 is 2.12 bits per heavy atom. The van der Waals surface area contributed by atoms with Crippen molar-refractivity contribution in [3.05, 3.63) is 52.8 Å². The molecule has 88 valence electrons. The summed E-state index contributed by atoms with van der Waals surface area (Å²) in [4.78, 5) is 4.18. The van der Waals surface area contributed by atoms with Crippen molar-refractivity contribution in [2.75, 3.05) is 0 Å². The third-order valence-corrected chi connectivity index (χ3v) is 3.24. The molecule has 2 aromatic rings. The second-order valence-electron chi connectivity index (χ2n) is 3.59. The zero-order valence-electron chi connectivity index (χ0n) is 9.28. The van der Waals surface area contributed by atoms with Gasteiger partial charge >= 0.3 is 0 Å². The number of ether oxygens (including phenoxy) is 1. The Morgan fingerprint density at radius 1 is 1.29 bits per heavy atom. The van der Waals surface area contributed by atoms with Gasteiger partial charge in [0.2, 0.25) is 0 Å². The minimum atomic E-state index is 0.654. The molecule has 0 fully saturated rings. The molecule has 0 unspecified atom stereocenters. The van der Waals surface area contributed by atoms with Gasteiger partial charge in [0.1, 0.15) is 11.5 Å². The van der Waals surface area contributed by atoms with E-state index in [1.165, 1.54) is 0 Å². The molecule has 0 aliphatic carbocycles. The van der Waals surface area contributed by atoms with Gasteiger partial charge in [-0.05, 0) is 31.2 Å². The Hall–Kier alpha value is -1.06. The Kier molecular flexibility index (Phi) is 4.02. The SMILES string of the molecule is Cc1ccc(Oc2cccc(Cl)c2CBr)cn1. The molecule has 0 radical (unpaired) electrons. The summed E-state index contributed by atoms with van der Waals surface area (Å²) in [5, 5.41) is 1.35. The van der Waals surface area contributed by atoms with Crippen LogP contribution in [0.3, 0.4) is 0 Å². The highest BCUT2D eigenvalue weighted by Gasteiger charge is 2.07. The van der Waals surface area contributed by atoms with Crippen molar-refractivity contribution in [3.63, 3.8) is 0 Å². The highest BCUT2D eigenvalue weighted by Crippen LogP contribution is 2.31. The lowest BCUT2D eigenvalue weighted by Gasteiger charge is -2.10. The zero-order valence-corrected chi connectivity index (χ0v) is 11.6. The third-order valence-electron chi connectivity index (χ3n) is 2.32. The van der Waals surface area contributed by atoms with Gasteiger partial charge in [-0.25, -0.2) is 0 Å². The Balaban J connectivity index is 2.29. The maximum atomic E-state index is 6.10. The van der Waals surface area contributed by atoms with Gasteiger partial charge in [-0.15, -0.1) is 0 Å². The maximum absolute atomic E-state index is 6.10. The van der Waals surface area contributed by atoms with Crippen LogP contribution in [-0.4, -0.2) is 4.98 Å². The fraction of sp³-hybridized carbons (Fsp3) is 0.154. The minimum absolute atomic E-state index is 0.654. The van der Waals surface area contributed by atoms with E-state index in [-0.39, 0.29) is 0 Å². The van der Waals surface area contributed by atoms with E-state index in [1.54, 1.807) is 6.20 Å². The molecule has 0 aliphatic heterocycles. The van der Waals surface area contributed by atoms with Crippen molar-refractivity contribution in [3.8, 4) is 11.5 Å². The lowest BCUT2D eigenvalue weighted by molar-refractivity contribution is 0.476. The highest BCUT2D eigenvalue weighted by molar-refractivity contribution is 9.08.